The van der Waals surface area contributed by atoms with Gasteiger partial charge in [0.15, 0.2) is 6.20 Å². The zero-order valence-electron chi connectivity index (χ0n) is 13.7. The Morgan fingerprint density at radius 2 is 1.32 bits per heavy atom. The summed E-state index contributed by atoms with van der Waals surface area (Å²) in [5.74, 6) is 0. The minimum Gasteiger partial charge on any atom is -0.201 e. The molecule has 0 unspecified atom stereocenters. The van der Waals surface area contributed by atoms with Crippen LogP contribution in [-0.4, -0.2) is 0 Å². The first-order chi connectivity index (χ1) is 10.6. The summed E-state index contributed by atoms with van der Waals surface area (Å²) in [6.07, 6.45) is 2.10. The lowest BCUT2D eigenvalue weighted by molar-refractivity contribution is -0.660. The van der Waals surface area contributed by atoms with Crippen molar-refractivity contribution in [3.63, 3.8) is 0 Å². The molecule has 0 N–H and O–H groups in total. The fourth-order valence-electron chi connectivity index (χ4n) is 3.23. The summed E-state index contributed by atoms with van der Waals surface area (Å²) in [5, 5.41) is 0. The van der Waals surface area contributed by atoms with Crippen LogP contribution in [0, 0.1) is 20.8 Å². The smallest absolute Gasteiger partial charge is 0.201 e. The number of hydrogen-bond acceptors (Lipinski definition) is 0. The summed E-state index contributed by atoms with van der Waals surface area (Å²) in [7, 11) is 2.10. The van der Waals surface area contributed by atoms with E-state index in [0.29, 0.717) is 0 Å². The molecule has 1 heterocycles. The molecule has 0 aliphatic rings. The molecule has 1 heteroatoms. The Bertz CT molecular complexity index is 811. The number of rotatable bonds is 2. The zero-order chi connectivity index (χ0) is 15.7. The van der Waals surface area contributed by atoms with E-state index in [1.807, 2.05) is 0 Å². The minimum absolute atomic E-state index is 1.24. The largest absolute Gasteiger partial charge is 0.212 e. The van der Waals surface area contributed by atoms with Crippen molar-refractivity contribution >= 4 is 0 Å². The van der Waals surface area contributed by atoms with Crippen LogP contribution < -0.4 is 4.57 Å². The van der Waals surface area contributed by atoms with Crippen LogP contribution >= 0.6 is 0 Å². The van der Waals surface area contributed by atoms with Gasteiger partial charge in [-0.15, -0.1) is 0 Å². The molecule has 0 radical (unpaired) electrons. The lowest BCUT2D eigenvalue weighted by atomic mass is 9.90. The predicted octanol–water partition coefficient (Wildman–Crippen LogP) is 4.77. The van der Waals surface area contributed by atoms with E-state index in [9.17, 15) is 0 Å². The molecule has 0 aliphatic heterocycles. The van der Waals surface area contributed by atoms with Crippen LogP contribution in [0.25, 0.3) is 22.4 Å². The highest BCUT2D eigenvalue weighted by Gasteiger charge is 2.15. The molecule has 1 nitrogen and oxygen atoms in total. The lowest BCUT2D eigenvalue weighted by Crippen LogP contribution is -2.30. The fraction of sp³-hybridized carbons (Fsp3) is 0.190. The quantitative estimate of drug-likeness (QED) is 0.598. The Morgan fingerprint density at radius 3 is 2.00 bits per heavy atom. The average Bonchev–Trinajstić information content (AvgIpc) is 2.50. The normalized spacial score (nSPS) is 10.7. The van der Waals surface area contributed by atoms with Gasteiger partial charge in [0.1, 0.15) is 7.05 Å². The lowest BCUT2D eigenvalue weighted by Gasteiger charge is -2.15. The van der Waals surface area contributed by atoms with Crippen molar-refractivity contribution in [3.8, 4) is 22.4 Å². The van der Waals surface area contributed by atoms with Gasteiger partial charge in [-0.3, -0.25) is 0 Å². The zero-order valence-corrected chi connectivity index (χ0v) is 13.7. The SMILES string of the molecule is Cc1cccc(C)c1-c1cccc(-c2cccc[n+]2C)c1C. The third kappa shape index (κ3) is 2.43. The van der Waals surface area contributed by atoms with Crippen molar-refractivity contribution in [3.05, 3.63) is 77.5 Å². The molecule has 0 saturated carbocycles. The van der Waals surface area contributed by atoms with Crippen molar-refractivity contribution in [1.29, 1.82) is 0 Å². The Morgan fingerprint density at radius 1 is 0.682 bits per heavy atom. The van der Waals surface area contributed by atoms with E-state index in [4.69, 9.17) is 0 Å². The van der Waals surface area contributed by atoms with Gasteiger partial charge in [-0.1, -0.05) is 30.3 Å². The van der Waals surface area contributed by atoms with E-state index in [1.54, 1.807) is 0 Å². The van der Waals surface area contributed by atoms with Crippen molar-refractivity contribution < 1.29 is 4.57 Å². The van der Waals surface area contributed by atoms with Crippen LogP contribution in [0.5, 0.6) is 0 Å². The summed E-state index contributed by atoms with van der Waals surface area (Å²) in [6.45, 7) is 6.61. The van der Waals surface area contributed by atoms with Crippen LogP contribution in [0.1, 0.15) is 16.7 Å². The van der Waals surface area contributed by atoms with Gasteiger partial charge in [-0.25, -0.2) is 4.57 Å². The molecule has 0 spiro atoms. The summed E-state index contributed by atoms with van der Waals surface area (Å²) in [6, 6.07) is 19.5. The van der Waals surface area contributed by atoms with E-state index < -0.39 is 0 Å². The first kappa shape index (κ1) is 14.5. The van der Waals surface area contributed by atoms with Gasteiger partial charge in [0, 0.05) is 17.7 Å². The number of aromatic nitrogens is 1. The van der Waals surface area contributed by atoms with Crippen LogP contribution in [0.2, 0.25) is 0 Å². The fourth-order valence-corrected chi connectivity index (χ4v) is 3.23. The van der Waals surface area contributed by atoms with E-state index in [0.717, 1.165) is 0 Å². The van der Waals surface area contributed by atoms with E-state index in [-0.39, 0.29) is 0 Å². The van der Waals surface area contributed by atoms with Crippen molar-refractivity contribution in [2.24, 2.45) is 7.05 Å². The molecule has 3 rings (SSSR count). The average molecular weight is 288 g/mol. The predicted molar refractivity (Wildman–Crippen MR) is 92.7 cm³/mol. The number of hydrogen-bond donors (Lipinski definition) is 0. The van der Waals surface area contributed by atoms with Crippen molar-refractivity contribution in [2.75, 3.05) is 0 Å². The Hall–Kier alpha value is -2.41. The Balaban J connectivity index is 2.25. The highest BCUT2D eigenvalue weighted by molar-refractivity contribution is 5.79. The van der Waals surface area contributed by atoms with Crippen LogP contribution in [0.3, 0.4) is 0 Å². The molecule has 2 aromatic carbocycles. The molecule has 0 bridgehead atoms. The molecule has 0 amide bonds. The number of benzene rings is 2. The molecule has 0 aliphatic carbocycles. The molecule has 3 aromatic rings. The summed E-state index contributed by atoms with van der Waals surface area (Å²) in [5.41, 5.74) is 9.23. The molecular weight excluding hydrogens is 266 g/mol. The molecule has 1 aromatic heterocycles. The van der Waals surface area contributed by atoms with Crippen LogP contribution in [0.4, 0.5) is 0 Å². The van der Waals surface area contributed by atoms with E-state index >= 15 is 0 Å². The number of pyridine rings is 1. The van der Waals surface area contributed by atoms with Gasteiger partial charge >= 0.3 is 0 Å². The molecule has 22 heavy (non-hydrogen) atoms. The number of nitrogens with zero attached hydrogens (tertiary/aromatic N) is 1. The molecule has 0 atom stereocenters. The topological polar surface area (TPSA) is 3.88 Å². The second-order valence-electron chi connectivity index (χ2n) is 5.94. The van der Waals surface area contributed by atoms with Gasteiger partial charge in [0.25, 0.3) is 0 Å². The molecular formula is C21H22N+. The summed E-state index contributed by atoms with van der Waals surface area (Å²) in [4.78, 5) is 0. The molecule has 110 valence electrons. The maximum absolute atomic E-state index is 2.23. The monoisotopic (exact) mass is 288 g/mol. The van der Waals surface area contributed by atoms with E-state index in [1.165, 1.54) is 39.1 Å². The summed E-state index contributed by atoms with van der Waals surface area (Å²) < 4.78 is 2.18. The minimum atomic E-state index is 1.24. The standard InChI is InChI=1S/C21H22N/c1-15-9-7-10-16(2)21(15)19-12-8-11-18(17(19)3)20-13-5-6-14-22(20)4/h5-14H,1-4H3/q+1. The first-order valence-corrected chi connectivity index (χ1v) is 7.71. The molecule has 0 saturated heterocycles. The van der Waals surface area contributed by atoms with Gasteiger partial charge in [-0.05, 0) is 60.7 Å². The maximum atomic E-state index is 2.23. The number of aryl methyl sites for hydroxylation is 3. The van der Waals surface area contributed by atoms with Gasteiger partial charge in [0.2, 0.25) is 5.69 Å². The van der Waals surface area contributed by atoms with Crippen LogP contribution in [-0.2, 0) is 7.05 Å². The Labute approximate surface area is 132 Å². The second kappa shape index (κ2) is 5.76. The third-order valence-electron chi connectivity index (χ3n) is 4.42. The van der Waals surface area contributed by atoms with Gasteiger partial charge < -0.3 is 0 Å². The third-order valence-corrected chi connectivity index (χ3v) is 4.42. The van der Waals surface area contributed by atoms with Gasteiger partial charge in [0.05, 0.1) is 0 Å². The van der Waals surface area contributed by atoms with Crippen LogP contribution in [0.15, 0.2) is 60.8 Å². The van der Waals surface area contributed by atoms with E-state index in [2.05, 4.69) is 93.2 Å². The first-order valence-electron chi connectivity index (χ1n) is 7.71. The van der Waals surface area contributed by atoms with Crippen molar-refractivity contribution in [1.82, 2.24) is 0 Å². The second-order valence-corrected chi connectivity index (χ2v) is 5.94. The maximum Gasteiger partial charge on any atom is 0.212 e. The highest BCUT2D eigenvalue weighted by Crippen LogP contribution is 2.34. The molecule has 0 fully saturated rings. The Kier molecular flexibility index (Phi) is 3.81. The summed E-state index contributed by atoms with van der Waals surface area (Å²) >= 11 is 0. The van der Waals surface area contributed by atoms with Crippen molar-refractivity contribution in [2.45, 2.75) is 20.8 Å². The van der Waals surface area contributed by atoms with Gasteiger partial charge in [-0.2, -0.15) is 0 Å². The highest BCUT2D eigenvalue weighted by atomic mass is 14.9.